The number of nitrogens with one attached hydrogen (secondary N) is 3. The molecule has 2 fully saturated rings. The van der Waals surface area contributed by atoms with Crippen LogP contribution in [0.5, 0.6) is 0 Å². The van der Waals surface area contributed by atoms with E-state index >= 15 is 0 Å². The summed E-state index contributed by atoms with van der Waals surface area (Å²) in [4.78, 5) is 27.0. The minimum Gasteiger partial charge on any atom is -0.349 e. The van der Waals surface area contributed by atoms with Crippen LogP contribution in [-0.4, -0.2) is 74.0 Å². The fraction of sp³-hybridized carbons (Fsp3) is 0.440. The number of carbonyl (C=O) groups excluding carboxylic acids is 1. The number of amides is 1. The Balaban J connectivity index is 1.23. The van der Waals surface area contributed by atoms with Crippen LogP contribution in [0.15, 0.2) is 36.9 Å². The largest absolute Gasteiger partial charge is 0.349 e. The van der Waals surface area contributed by atoms with E-state index in [4.69, 9.17) is 0 Å². The van der Waals surface area contributed by atoms with Crippen LogP contribution in [-0.2, 0) is 0 Å². The number of carbonyl (C=O) groups is 1. The van der Waals surface area contributed by atoms with Gasteiger partial charge in [0.2, 0.25) is 5.95 Å². The van der Waals surface area contributed by atoms with Crippen LogP contribution in [0.25, 0.3) is 27.7 Å². The number of rotatable bonds is 7. The molecule has 1 saturated heterocycles. The predicted octanol–water partition coefficient (Wildman–Crippen LogP) is 3.55. The molecule has 1 saturated carbocycles. The van der Waals surface area contributed by atoms with Crippen molar-refractivity contribution in [1.29, 1.82) is 0 Å². The number of hydrogen-bond acceptors (Lipinski definition) is 6. The molecule has 1 aliphatic heterocycles. The third-order valence-electron chi connectivity index (χ3n) is 7.22. The van der Waals surface area contributed by atoms with Gasteiger partial charge >= 0.3 is 0 Å². The van der Waals surface area contributed by atoms with E-state index < -0.39 is 18.4 Å². The Morgan fingerprint density at radius 2 is 2.03 bits per heavy atom. The van der Waals surface area contributed by atoms with Gasteiger partial charge in [-0.05, 0) is 63.5 Å². The van der Waals surface area contributed by atoms with Crippen LogP contribution in [0.2, 0.25) is 0 Å². The molecule has 0 bridgehead atoms. The number of pyridine rings is 1. The molecule has 0 atom stereocenters. The van der Waals surface area contributed by atoms with Gasteiger partial charge in [-0.25, -0.2) is 18.3 Å². The zero-order valence-electron chi connectivity index (χ0n) is 20.0. The van der Waals surface area contributed by atoms with E-state index in [-0.39, 0.29) is 17.9 Å². The van der Waals surface area contributed by atoms with Crippen LogP contribution in [0.4, 0.5) is 14.7 Å². The van der Waals surface area contributed by atoms with Crippen LogP contribution >= 0.6 is 0 Å². The maximum atomic E-state index is 14.0. The van der Waals surface area contributed by atoms with Crippen LogP contribution in [0, 0.1) is 5.92 Å². The summed E-state index contributed by atoms with van der Waals surface area (Å²) in [5.74, 6) is -3.26. The SMILES string of the molecule is CN1CCC(NC(=O)c2cnn3ccc(-c4c[nH]c5nc(NCC(F)(F)C6CC6)ncc45)cc23)CC1. The van der Waals surface area contributed by atoms with Crippen molar-refractivity contribution in [3.63, 3.8) is 0 Å². The third kappa shape index (κ3) is 4.39. The molecule has 188 valence electrons. The van der Waals surface area contributed by atoms with E-state index in [2.05, 4.69) is 42.6 Å². The lowest BCUT2D eigenvalue weighted by molar-refractivity contribution is -0.00832. The van der Waals surface area contributed by atoms with Crippen LogP contribution < -0.4 is 10.6 Å². The molecule has 4 aromatic heterocycles. The second-order valence-electron chi connectivity index (χ2n) is 9.90. The zero-order valence-corrected chi connectivity index (χ0v) is 20.0. The van der Waals surface area contributed by atoms with Crippen molar-refractivity contribution in [2.45, 2.75) is 37.6 Å². The van der Waals surface area contributed by atoms with E-state index in [1.54, 1.807) is 16.9 Å². The minimum atomic E-state index is -2.75. The van der Waals surface area contributed by atoms with Gasteiger partial charge in [-0.3, -0.25) is 4.79 Å². The molecule has 0 radical (unpaired) electrons. The summed E-state index contributed by atoms with van der Waals surface area (Å²) >= 11 is 0. The molecular weight excluding hydrogens is 466 g/mol. The van der Waals surface area contributed by atoms with Gasteiger partial charge < -0.3 is 20.5 Å². The van der Waals surface area contributed by atoms with E-state index in [9.17, 15) is 13.6 Å². The van der Waals surface area contributed by atoms with Crippen molar-refractivity contribution in [2.24, 2.45) is 5.92 Å². The highest BCUT2D eigenvalue weighted by Gasteiger charge is 2.46. The molecule has 5 heterocycles. The maximum Gasteiger partial charge on any atom is 0.267 e. The average molecular weight is 495 g/mol. The number of halogens is 2. The summed E-state index contributed by atoms with van der Waals surface area (Å²) in [6, 6.07) is 3.98. The normalized spacial score (nSPS) is 17.6. The van der Waals surface area contributed by atoms with Gasteiger partial charge in [0, 0.05) is 41.5 Å². The van der Waals surface area contributed by atoms with Gasteiger partial charge in [0.1, 0.15) is 5.65 Å². The second kappa shape index (κ2) is 8.81. The summed E-state index contributed by atoms with van der Waals surface area (Å²) in [6.07, 6.45) is 9.83. The Morgan fingerprint density at radius 3 is 2.81 bits per heavy atom. The zero-order chi connectivity index (χ0) is 24.9. The lowest BCUT2D eigenvalue weighted by Gasteiger charge is -2.29. The van der Waals surface area contributed by atoms with E-state index in [0.29, 0.717) is 29.6 Å². The molecular formula is C25H28F2N8O. The third-order valence-corrected chi connectivity index (χ3v) is 7.22. The standard InChI is InChI=1S/C25H28F2N8O/c1-34-7-5-17(6-8-34)32-23(36)20-13-31-35-9-4-15(10-21(20)35)18-11-28-22-19(18)12-29-24(33-22)30-14-25(26,27)16-2-3-16/h4,9-13,16-17H,2-3,5-8,14H2,1H3,(H,32,36)(H2,28,29,30,33). The molecule has 0 unspecified atom stereocenters. The molecule has 9 nitrogen and oxygen atoms in total. The first-order valence-electron chi connectivity index (χ1n) is 12.3. The van der Waals surface area contributed by atoms with E-state index in [0.717, 1.165) is 42.4 Å². The molecule has 0 spiro atoms. The quantitative estimate of drug-likeness (QED) is 0.363. The number of aromatic amines is 1. The highest BCUT2D eigenvalue weighted by atomic mass is 19.3. The fourth-order valence-corrected chi connectivity index (χ4v) is 4.82. The molecule has 1 aliphatic carbocycles. The van der Waals surface area contributed by atoms with Crippen molar-refractivity contribution < 1.29 is 13.6 Å². The molecule has 11 heteroatoms. The summed E-state index contributed by atoms with van der Waals surface area (Å²) in [5.41, 5.74) is 3.49. The summed E-state index contributed by atoms with van der Waals surface area (Å²) in [6.45, 7) is 1.45. The number of fused-ring (bicyclic) bond motifs is 2. The molecule has 1 amide bonds. The molecule has 4 aromatic rings. The van der Waals surface area contributed by atoms with Crippen molar-refractivity contribution in [3.8, 4) is 11.1 Å². The molecule has 0 aromatic carbocycles. The smallest absolute Gasteiger partial charge is 0.267 e. The summed E-state index contributed by atoms with van der Waals surface area (Å²) in [7, 11) is 2.09. The lowest BCUT2D eigenvalue weighted by atomic mass is 10.0. The molecule has 3 N–H and O–H groups in total. The number of likely N-dealkylation sites (tertiary alicyclic amines) is 1. The fourth-order valence-electron chi connectivity index (χ4n) is 4.82. The molecule has 6 rings (SSSR count). The first-order valence-corrected chi connectivity index (χ1v) is 12.3. The second-order valence-corrected chi connectivity index (χ2v) is 9.90. The number of alkyl halides is 2. The van der Waals surface area contributed by atoms with Crippen molar-refractivity contribution in [1.82, 2.24) is 34.8 Å². The molecule has 36 heavy (non-hydrogen) atoms. The number of anilines is 1. The molecule has 2 aliphatic rings. The Kier molecular flexibility index (Phi) is 5.59. The monoisotopic (exact) mass is 494 g/mol. The van der Waals surface area contributed by atoms with Gasteiger partial charge in [0.25, 0.3) is 11.8 Å². The Hall–Kier alpha value is -3.60. The minimum absolute atomic E-state index is 0.127. The van der Waals surface area contributed by atoms with Gasteiger partial charge in [-0.2, -0.15) is 10.1 Å². The van der Waals surface area contributed by atoms with Crippen LogP contribution in [0.3, 0.4) is 0 Å². The van der Waals surface area contributed by atoms with Gasteiger partial charge in [0.15, 0.2) is 0 Å². The lowest BCUT2D eigenvalue weighted by Crippen LogP contribution is -2.43. The van der Waals surface area contributed by atoms with Crippen molar-refractivity contribution in [3.05, 3.63) is 42.5 Å². The predicted molar refractivity (Wildman–Crippen MR) is 132 cm³/mol. The summed E-state index contributed by atoms with van der Waals surface area (Å²) in [5, 5.41) is 10.9. The topological polar surface area (TPSA) is 103 Å². The van der Waals surface area contributed by atoms with Crippen molar-refractivity contribution in [2.75, 3.05) is 32.0 Å². The number of aromatic nitrogens is 5. The Morgan fingerprint density at radius 1 is 1.22 bits per heavy atom. The van der Waals surface area contributed by atoms with E-state index in [1.807, 2.05) is 24.5 Å². The van der Waals surface area contributed by atoms with Gasteiger partial charge in [-0.1, -0.05) is 0 Å². The highest BCUT2D eigenvalue weighted by Crippen LogP contribution is 2.43. The first-order chi connectivity index (χ1) is 17.4. The first kappa shape index (κ1) is 22.8. The number of H-pyrrole nitrogens is 1. The van der Waals surface area contributed by atoms with Crippen molar-refractivity contribution >= 4 is 28.4 Å². The number of nitrogens with zero attached hydrogens (tertiary/aromatic N) is 5. The average Bonchev–Trinajstić information content (AvgIpc) is 3.53. The van der Waals surface area contributed by atoms with Gasteiger partial charge in [0.05, 0.1) is 23.8 Å². The Bertz CT molecular complexity index is 1420. The van der Waals surface area contributed by atoms with Gasteiger partial charge in [-0.15, -0.1) is 0 Å². The highest BCUT2D eigenvalue weighted by molar-refractivity contribution is 6.02. The van der Waals surface area contributed by atoms with Crippen LogP contribution in [0.1, 0.15) is 36.0 Å². The number of piperidine rings is 1. The Labute approximate surface area is 206 Å². The van der Waals surface area contributed by atoms with E-state index in [1.165, 1.54) is 0 Å². The summed E-state index contributed by atoms with van der Waals surface area (Å²) < 4.78 is 29.7. The maximum absolute atomic E-state index is 14.0. The number of hydrogen-bond donors (Lipinski definition) is 3.